The summed E-state index contributed by atoms with van der Waals surface area (Å²) < 4.78 is 1.92. The first-order valence-electron chi connectivity index (χ1n) is 7.43. The van der Waals surface area contributed by atoms with Crippen LogP contribution in [-0.2, 0) is 18.4 Å². The maximum Gasteiger partial charge on any atom is 0.306 e. The summed E-state index contributed by atoms with van der Waals surface area (Å²) in [4.78, 5) is 13.5. The fourth-order valence-corrected chi connectivity index (χ4v) is 3.28. The highest BCUT2D eigenvalue weighted by Crippen LogP contribution is 2.26. The maximum absolute atomic E-state index is 11.1. The van der Waals surface area contributed by atoms with E-state index in [1.807, 2.05) is 23.9 Å². The molecule has 1 aromatic heterocycles. The lowest BCUT2D eigenvalue weighted by molar-refractivity contribution is -0.144. The van der Waals surface area contributed by atoms with E-state index in [1.54, 1.807) is 0 Å². The Hall–Kier alpha value is -1.88. The molecule has 5 nitrogen and oxygen atoms in total. The van der Waals surface area contributed by atoms with Crippen molar-refractivity contribution in [3.05, 3.63) is 30.0 Å². The van der Waals surface area contributed by atoms with E-state index in [-0.39, 0.29) is 12.0 Å². The largest absolute Gasteiger partial charge is 0.481 e. The zero-order chi connectivity index (χ0) is 15.0. The number of para-hydroxylation sites is 1. The van der Waals surface area contributed by atoms with Crippen LogP contribution in [0.5, 0.6) is 0 Å². The molecule has 2 heterocycles. The van der Waals surface area contributed by atoms with Gasteiger partial charge in [-0.25, -0.2) is 0 Å². The van der Waals surface area contributed by atoms with Gasteiger partial charge in [0.1, 0.15) is 0 Å². The molecule has 0 radical (unpaired) electrons. The predicted molar refractivity (Wildman–Crippen MR) is 80.9 cm³/mol. The van der Waals surface area contributed by atoms with Crippen LogP contribution in [0, 0.1) is 5.92 Å². The molecule has 0 saturated carbocycles. The Kier molecular flexibility index (Phi) is 3.68. The van der Waals surface area contributed by atoms with Crippen molar-refractivity contribution in [1.29, 1.82) is 0 Å². The Balaban J connectivity index is 1.78. The van der Waals surface area contributed by atoms with E-state index in [0.717, 1.165) is 37.1 Å². The summed E-state index contributed by atoms with van der Waals surface area (Å²) >= 11 is 0. The molecule has 0 amide bonds. The van der Waals surface area contributed by atoms with E-state index in [2.05, 4.69) is 29.1 Å². The topological polar surface area (TPSA) is 58.4 Å². The monoisotopic (exact) mass is 287 g/mol. The number of likely N-dealkylation sites (tertiary alicyclic amines) is 1. The minimum absolute atomic E-state index is 0.197. The van der Waals surface area contributed by atoms with Gasteiger partial charge in [-0.15, -0.1) is 0 Å². The molecule has 0 spiro atoms. The number of carbonyl (C=O) groups is 1. The Morgan fingerprint density at radius 1 is 1.43 bits per heavy atom. The van der Waals surface area contributed by atoms with Crippen LogP contribution >= 0.6 is 0 Å². The summed E-state index contributed by atoms with van der Waals surface area (Å²) in [6.45, 7) is 3.72. The summed E-state index contributed by atoms with van der Waals surface area (Å²) in [6, 6.07) is 8.52. The molecular formula is C16H21N3O2. The van der Waals surface area contributed by atoms with E-state index in [0.29, 0.717) is 0 Å². The number of aryl methyl sites for hydroxylation is 1. The number of hydrogen-bond donors (Lipinski definition) is 1. The van der Waals surface area contributed by atoms with Crippen LogP contribution in [0.4, 0.5) is 0 Å². The first-order valence-corrected chi connectivity index (χ1v) is 7.43. The molecule has 21 heavy (non-hydrogen) atoms. The second-order valence-corrected chi connectivity index (χ2v) is 5.97. The van der Waals surface area contributed by atoms with Crippen LogP contribution in [-0.4, -0.2) is 38.3 Å². The van der Waals surface area contributed by atoms with Gasteiger partial charge in [0.2, 0.25) is 0 Å². The number of hydrogen-bond acceptors (Lipinski definition) is 3. The Labute approximate surface area is 124 Å². The third-order valence-electron chi connectivity index (χ3n) is 4.55. The highest BCUT2D eigenvalue weighted by atomic mass is 16.4. The molecule has 3 rings (SSSR count). The third-order valence-corrected chi connectivity index (χ3v) is 4.55. The average molecular weight is 287 g/mol. The summed E-state index contributed by atoms with van der Waals surface area (Å²) in [6.07, 6.45) is 1.45. The van der Waals surface area contributed by atoms with Gasteiger partial charge >= 0.3 is 5.97 Å². The van der Waals surface area contributed by atoms with Gasteiger partial charge in [-0.3, -0.25) is 14.4 Å². The predicted octanol–water partition coefficient (Wildman–Crippen LogP) is 2.26. The highest BCUT2D eigenvalue weighted by Gasteiger charge is 2.30. The lowest BCUT2D eigenvalue weighted by Gasteiger charge is -2.35. The minimum atomic E-state index is -0.662. The molecule has 5 heteroatoms. The second kappa shape index (κ2) is 5.48. The maximum atomic E-state index is 11.1. The van der Waals surface area contributed by atoms with Gasteiger partial charge in [0.05, 0.1) is 17.1 Å². The first-order chi connectivity index (χ1) is 10.1. The van der Waals surface area contributed by atoms with Crippen molar-refractivity contribution in [2.45, 2.75) is 32.4 Å². The van der Waals surface area contributed by atoms with Gasteiger partial charge in [0.25, 0.3) is 0 Å². The number of nitrogens with zero attached hydrogens (tertiary/aromatic N) is 3. The number of carboxylic acids is 1. The van der Waals surface area contributed by atoms with E-state index < -0.39 is 5.97 Å². The molecule has 1 aliphatic heterocycles. The summed E-state index contributed by atoms with van der Waals surface area (Å²) in [5, 5.41) is 15.0. The fourth-order valence-electron chi connectivity index (χ4n) is 3.28. The number of rotatable bonds is 3. The molecule has 1 N–H and O–H groups in total. The van der Waals surface area contributed by atoms with E-state index in [1.165, 1.54) is 5.39 Å². The van der Waals surface area contributed by atoms with Crippen molar-refractivity contribution in [2.24, 2.45) is 13.0 Å². The van der Waals surface area contributed by atoms with Crippen LogP contribution in [0.15, 0.2) is 24.3 Å². The molecule has 2 unspecified atom stereocenters. The Morgan fingerprint density at radius 3 is 2.90 bits per heavy atom. The summed E-state index contributed by atoms with van der Waals surface area (Å²) in [5.41, 5.74) is 2.22. The number of piperidine rings is 1. The SMILES string of the molecule is CC1CC(C(=O)O)CCN1Cc1nn(C)c2ccccc12. The van der Waals surface area contributed by atoms with Crippen molar-refractivity contribution in [2.75, 3.05) is 6.54 Å². The zero-order valence-corrected chi connectivity index (χ0v) is 12.5. The number of aliphatic carboxylic acids is 1. The van der Waals surface area contributed by atoms with Crippen LogP contribution < -0.4 is 0 Å². The van der Waals surface area contributed by atoms with Crippen LogP contribution in [0.3, 0.4) is 0 Å². The van der Waals surface area contributed by atoms with Crippen molar-refractivity contribution in [1.82, 2.24) is 14.7 Å². The molecule has 0 aliphatic carbocycles. The zero-order valence-electron chi connectivity index (χ0n) is 12.5. The molecule has 0 bridgehead atoms. The molecule has 1 aliphatic rings. The van der Waals surface area contributed by atoms with Gasteiger partial charge < -0.3 is 5.11 Å². The van der Waals surface area contributed by atoms with E-state index in [4.69, 9.17) is 5.11 Å². The standard InChI is InChI=1S/C16H21N3O2/c1-11-9-12(16(20)21)7-8-19(11)10-14-13-5-3-4-6-15(13)18(2)17-14/h3-6,11-12H,7-10H2,1-2H3,(H,20,21). The lowest BCUT2D eigenvalue weighted by atomic mass is 9.91. The third kappa shape index (κ3) is 2.65. The van der Waals surface area contributed by atoms with Gasteiger partial charge in [0, 0.05) is 25.0 Å². The van der Waals surface area contributed by atoms with Crippen molar-refractivity contribution in [3.8, 4) is 0 Å². The quantitative estimate of drug-likeness (QED) is 0.940. The van der Waals surface area contributed by atoms with Crippen molar-refractivity contribution >= 4 is 16.9 Å². The molecule has 1 fully saturated rings. The Bertz CT molecular complexity index is 665. The number of aromatic nitrogens is 2. The van der Waals surface area contributed by atoms with Crippen molar-refractivity contribution < 1.29 is 9.90 Å². The normalized spacial score (nSPS) is 23.5. The highest BCUT2D eigenvalue weighted by molar-refractivity contribution is 5.81. The van der Waals surface area contributed by atoms with Gasteiger partial charge in [-0.05, 0) is 32.4 Å². The number of carboxylic acid groups (broad SMARTS) is 1. The summed E-state index contributed by atoms with van der Waals surface area (Å²) in [5.74, 6) is -0.860. The van der Waals surface area contributed by atoms with Crippen LogP contribution in [0.1, 0.15) is 25.5 Å². The molecular weight excluding hydrogens is 266 g/mol. The molecule has 1 aromatic carbocycles. The summed E-state index contributed by atoms with van der Waals surface area (Å²) in [7, 11) is 1.96. The first kappa shape index (κ1) is 14.1. The van der Waals surface area contributed by atoms with Gasteiger partial charge in [-0.2, -0.15) is 5.10 Å². The molecule has 1 saturated heterocycles. The molecule has 2 aromatic rings. The average Bonchev–Trinajstić information content (AvgIpc) is 2.78. The van der Waals surface area contributed by atoms with Gasteiger partial charge in [-0.1, -0.05) is 18.2 Å². The lowest BCUT2D eigenvalue weighted by Crippen LogP contribution is -2.42. The number of fused-ring (bicyclic) bond motifs is 1. The molecule has 112 valence electrons. The molecule has 2 atom stereocenters. The Morgan fingerprint density at radius 2 is 2.19 bits per heavy atom. The number of benzene rings is 1. The smallest absolute Gasteiger partial charge is 0.306 e. The van der Waals surface area contributed by atoms with Crippen LogP contribution in [0.2, 0.25) is 0 Å². The van der Waals surface area contributed by atoms with E-state index in [9.17, 15) is 4.79 Å². The van der Waals surface area contributed by atoms with Crippen LogP contribution in [0.25, 0.3) is 10.9 Å². The van der Waals surface area contributed by atoms with Crippen molar-refractivity contribution in [3.63, 3.8) is 0 Å². The fraction of sp³-hybridized carbons (Fsp3) is 0.500. The minimum Gasteiger partial charge on any atom is -0.481 e. The van der Waals surface area contributed by atoms with E-state index >= 15 is 0 Å². The van der Waals surface area contributed by atoms with Gasteiger partial charge in [0.15, 0.2) is 0 Å². The second-order valence-electron chi connectivity index (χ2n) is 5.97.